The smallest absolute Gasteiger partial charge is 0.231 e. The molecular weight excluding hydrogens is 216 g/mol. The molecule has 0 aliphatic carbocycles. The van der Waals surface area contributed by atoms with Crippen LogP contribution in [0.4, 0.5) is 0 Å². The molecule has 1 N–H and O–H groups in total. The van der Waals surface area contributed by atoms with Gasteiger partial charge in [-0.3, -0.25) is 0 Å². The number of aliphatic hydroxyl groups excluding tert-OH is 1. The standard InChI is InChI=1S/C11H13ClO3/c12-5-1-2-9(13)8-3-4-10-11(6-8)15-7-14-10/h3-4,6,9,13H,1-2,5,7H2. The van der Waals surface area contributed by atoms with Gasteiger partial charge in [0.2, 0.25) is 6.79 Å². The third-order valence-electron chi connectivity index (χ3n) is 2.39. The third-order valence-corrected chi connectivity index (χ3v) is 2.66. The van der Waals surface area contributed by atoms with Crippen LogP contribution in [0.1, 0.15) is 24.5 Å². The predicted octanol–water partition coefficient (Wildman–Crippen LogP) is 2.47. The lowest BCUT2D eigenvalue weighted by atomic mass is 10.0. The van der Waals surface area contributed by atoms with E-state index in [-0.39, 0.29) is 6.79 Å². The first-order valence-electron chi connectivity index (χ1n) is 4.95. The molecule has 3 nitrogen and oxygen atoms in total. The van der Waals surface area contributed by atoms with Gasteiger partial charge in [-0.2, -0.15) is 0 Å². The van der Waals surface area contributed by atoms with E-state index in [1.54, 1.807) is 0 Å². The molecule has 1 unspecified atom stereocenters. The Bertz CT molecular complexity index is 341. The zero-order valence-corrected chi connectivity index (χ0v) is 9.04. The first-order chi connectivity index (χ1) is 7.31. The summed E-state index contributed by atoms with van der Waals surface area (Å²) >= 11 is 5.57. The third kappa shape index (κ3) is 2.36. The highest BCUT2D eigenvalue weighted by atomic mass is 35.5. The van der Waals surface area contributed by atoms with Crippen LogP contribution in [0.2, 0.25) is 0 Å². The summed E-state index contributed by atoms with van der Waals surface area (Å²) in [5, 5.41) is 9.83. The fourth-order valence-corrected chi connectivity index (χ4v) is 1.71. The maximum absolute atomic E-state index is 9.83. The van der Waals surface area contributed by atoms with Crippen LogP contribution in [-0.4, -0.2) is 17.8 Å². The summed E-state index contributed by atoms with van der Waals surface area (Å²) in [5.74, 6) is 2.02. The summed E-state index contributed by atoms with van der Waals surface area (Å²) in [4.78, 5) is 0. The molecule has 0 saturated heterocycles. The van der Waals surface area contributed by atoms with Crippen molar-refractivity contribution >= 4 is 11.6 Å². The van der Waals surface area contributed by atoms with Crippen molar-refractivity contribution in [1.82, 2.24) is 0 Å². The van der Waals surface area contributed by atoms with Gasteiger partial charge in [-0.05, 0) is 30.5 Å². The molecule has 0 spiro atoms. The second kappa shape index (κ2) is 4.73. The highest BCUT2D eigenvalue weighted by molar-refractivity contribution is 6.17. The summed E-state index contributed by atoms with van der Waals surface area (Å²) in [6.07, 6.45) is 0.999. The minimum atomic E-state index is -0.474. The molecule has 0 fully saturated rings. The fraction of sp³-hybridized carbons (Fsp3) is 0.455. The normalized spacial score (nSPS) is 15.3. The van der Waals surface area contributed by atoms with Crippen LogP contribution in [-0.2, 0) is 0 Å². The van der Waals surface area contributed by atoms with Gasteiger partial charge in [0.25, 0.3) is 0 Å². The van der Waals surface area contributed by atoms with Crippen molar-refractivity contribution in [2.45, 2.75) is 18.9 Å². The van der Waals surface area contributed by atoms with Gasteiger partial charge in [-0.25, -0.2) is 0 Å². The molecule has 0 bridgehead atoms. The largest absolute Gasteiger partial charge is 0.454 e. The lowest BCUT2D eigenvalue weighted by Crippen LogP contribution is -1.97. The van der Waals surface area contributed by atoms with E-state index in [1.165, 1.54) is 0 Å². The Labute approximate surface area is 93.6 Å². The summed E-state index contributed by atoms with van der Waals surface area (Å²) in [5.41, 5.74) is 0.851. The molecule has 0 saturated carbocycles. The number of hydrogen-bond acceptors (Lipinski definition) is 3. The Morgan fingerprint density at radius 3 is 2.93 bits per heavy atom. The lowest BCUT2D eigenvalue weighted by Gasteiger charge is -2.10. The van der Waals surface area contributed by atoms with E-state index in [9.17, 15) is 5.11 Å². The monoisotopic (exact) mass is 228 g/mol. The molecule has 1 atom stereocenters. The maximum atomic E-state index is 9.83. The van der Waals surface area contributed by atoms with E-state index in [1.807, 2.05) is 18.2 Å². The molecule has 1 aromatic carbocycles. The topological polar surface area (TPSA) is 38.7 Å². The zero-order valence-electron chi connectivity index (χ0n) is 8.28. The number of ether oxygens (including phenoxy) is 2. The van der Waals surface area contributed by atoms with Gasteiger partial charge in [0.05, 0.1) is 6.10 Å². The van der Waals surface area contributed by atoms with Crippen molar-refractivity contribution < 1.29 is 14.6 Å². The number of halogens is 1. The van der Waals surface area contributed by atoms with Crippen LogP contribution in [0.3, 0.4) is 0 Å². The van der Waals surface area contributed by atoms with E-state index in [2.05, 4.69) is 0 Å². The van der Waals surface area contributed by atoms with E-state index in [0.717, 1.165) is 17.7 Å². The number of benzene rings is 1. The van der Waals surface area contributed by atoms with E-state index >= 15 is 0 Å². The molecule has 1 aliphatic rings. The summed E-state index contributed by atoms with van der Waals surface area (Å²) in [7, 11) is 0. The highest BCUT2D eigenvalue weighted by Crippen LogP contribution is 2.34. The van der Waals surface area contributed by atoms with Crippen LogP contribution in [0.25, 0.3) is 0 Å². The van der Waals surface area contributed by atoms with Crippen molar-refractivity contribution in [2.75, 3.05) is 12.7 Å². The molecule has 1 aliphatic heterocycles. The van der Waals surface area contributed by atoms with Gasteiger partial charge in [0.1, 0.15) is 0 Å². The fourth-order valence-electron chi connectivity index (χ4n) is 1.56. The average molecular weight is 229 g/mol. The van der Waals surface area contributed by atoms with Gasteiger partial charge in [0.15, 0.2) is 11.5 Å². The van der Waals surface area contributed by atoms with Gasteiger partial charge < -0.3 is 14.6 Å². The average Bonchev–Trinajstić information content (AvgIpc) is 2.72. The summed E-state index contributed by atoms with van der Waals surface area (Å²) in [6, 6.07) is 5.50. The molecule has 2 rings (SSSR count). The Morgan fingerprint density at radius 1 is 1.33 bits per heavy atom. The number of rotatable bonds is 4. The SMILES string of the molecule is OC(CCCCl)c1ccc2c(c1)OCO2. The van der Waals surface area contributed by atoms with Crippen LogP contribution >= 0.6 is 11.6 Å². The maximum Gasteiger partial charge on any atom is 0.231 e. The minimum absolute atomic E-state index is 0.260. The number of aliphatic hydroxyl groups is 1. The molecule has 4 heteroatoms. The van der Waals surface area contributed by atoms with Crippen LogP contribution in [0.15, 0.2) is 18.2 Å². The molecule has 0 aromatic heterocycles. The van der Waals surface area contributed by atoms with E-state index < -0.39 is 6.10 Å². The van der Waals surface area contributed by atoms with Crippen LogP contribution in [0.5, 0.6) is 11.5 Å². The molecule has 0 radical (unpaired) electrons. The molecule has 0 amide bonds. The Balaban J connectivity index is 2.08. The van der Waals surface area contributed by atoms with Crippen molar-refractivity contribution in [3.05, 3.63) is 23.8 Å². The first kappa shape index (κ1) is 10.6. The summed E-state index contributed by atoms with van der Waals surface area (Å²) in [6.45, 7) is 0.260. The Morgan fingerprint density at radius 2 is 2.13 bits per heavy atom. The molecule has 82 valence electrons. The minimum Gasteiger partial charge on any atom is -0.454 e. The van der Waals surface area contributed by atoms with Gasteiger partial charge >= 0.3 is 0 Å². The molecular formula is C11H13ClO3. The van der Waals surface area contributed by atoms with E-state index in [4.69, 9.17) is 21.1 Å². The van der Waals surface area contributed by atoms with Crippen molar-refractivity contribution in [1.29, 1.82) is 0 Å². The summed E-state index contributed by atoms with van der Waals surface area (Å²) < 4.78 is 10.4. The van der Waals surface area contributed by atoms with Gasteiger partial charge in [-0.15, -0.1) is 11.6 Å². The first-order valence-corrected chi connectivity index (χ1v) is 5.48. The van der Waals surface area contributed by atoms with Crippen molar-refractivity contribution in [3.8, 4) is 11.5 Å². The second-order valence-electron chi connectivity index (χ2n) is 3.46. The number of alkyl halides is 1. The second-order valence-corrected chi connectivity index (χ2v) is 3.84. The molecule has 1 heterocycles. The van der Waals surface area contributed by atoms with Gasteiger partial charge in [0, 0.05) is 5.88 Å². The number of fused-ring (bicyclic) bond motifs is 1. The van der Waals surface area contributed by atoms with Crippen molar-refractivity contribution in [3.63, 3.8) is 0 Å². The van der Waals surface area contributed by atoms with E-state index in [0.29, 0.717) is 18.1 Å². The number of hydrogen-bond donors (Lipinski definition) is 1. The molecule has 15 heavy (non-hydrogen) atoms. The quantitative estimate of drug-likeness (QED) is 0.805. The Hall–Kier alpha value is -0.930. The predicted molar refractivity (Wildman–Crippen MR) is 57.5 cm³/mol. The lowest BCUT2D eigenvalue weighted by molar-refractivity contribution is 0.165. The van der Waals surface area contributed by atoms with Crippen LogP contribution < -0.4 is 9.47 Å². The zero-order chi connectivity index (χ0) is 10.7. The highest BCUT2D eigenvalue weighted by Gasteiger charge is 2.16. The molecule has 1 aromatic rings. The Kier molecular flexibility index (Phi) is 3.34. The van der Waals surface area contributed by atoms with Gasteiger partial charge in [-0.1, -0.05) is 6.07 Å². The van der Waals surface area contributed by atoms with Crippen molar-refractivity contribution in [2.24, 2.45) is 0 Å². The van der Waals surface area contributed by atoms with Crippen LogP contribution in [0, 0.1) is 0 Å².